The number of nitriles is 1. The maximum atomic E-state index is 14.2. The maximum Gasteiger partial charge on any atom is 0.166 e. The Kier molecular flexibility index (Phi) is 6.44. The molecule has 0 unspecified atom stereocenters. The van der Waals surface area contributed by atoms with Crippen molar-refractivity contribution in [2.24, 2.45) is 7.05 Å². The number of aromatic nitrogens is 3. The summed E-state index contributed by atoms with van der Waals surface area (Å²) in [5.41, 5.74) is 9.12. The molecule has 0 aliphatic carbocycles. The zero-order valence-corrected chi connectivity index (χ0v) is 19.5. The number of hydrogen-bond acceptors (Lipinski definition) is 6. The molecule has 3 aromatic rings. The highest BCUT2D eigenvalue weighted by atomic mass is 79.9. The van der Waals surface area contributed by atoms with E-state index in [4.69, 9.17) is 10.5 Å². The third-order valence-electron chi connectivity index (χ3n) is 5.79. The molecule has 1 fully saturated rings. The van der Waals surface area contributed by atoms with E-state index < -0.39 is 6.10 Å². The topological polar surface area (TPSA) is 93.0 Å². The molecule has 1 aliphatic heterocycles. The van der Waals surface area contributed by atoms with Crippen molar-refractivity contribution in [1.82, 2.24) is 19.7 Å². The van der Waals surface area contributed by atoms with Crippen LogP contribution in [0.15, 0.2) is 41.0 Å². The summed E-state index contributed by atoms with van der Waals surface area (Å²) < 4.78 is 22.6. The molecular weight excluding hydrogens is 475 g/mol. The molecule has 0 spiro atoms. The first kappa shape index (κ1) is 22.2. The average molecular weight is 499 g/mol. The molecule has 2 aromatic heterocycles. The summed E-state index contributed by atoms with van der Waals surface area (Å²) in [7, 11) is 1.78. The van der Waals surface area contributed by atoms with E-state index in [-0.39, 0.29) is 17.7 Å². The van der Waals surface area contributed by atoms with Crippen LogP contribution in [0.25, 0.3) is 0 Å². The number of likely N-dealkylation sites (tertiary alicyclic amines) is 1. The predicted molar refractivity (Wildman–Crippen MR) is 122 cm³/mol. The Morgan fingerprint density at radius 3 is 2.94 bits per heavy atom. The van der Waals surface area contributed by atoms with Gasteiger partial charge in [-0.05, 0) is 77.6 Å². The van der Waals surface area contributed by atoms with Crippen molar-refractivity contribution in [3.05, 3.63) is 69.3 Å². The van der Waals surface area contributed by atoms with Gasteiger partial charge in [0.1, 0.15) is 23.7 Å². The fourth-order valence-corrected chi connectivity index (χ4v) is 4.50. The van der Waals surface area contributed by atoms with E-state index in [0.717, 1.165) is 40.7 Å². The van der Waals surface area contributed by atoms with Gasteiger partial charge in [0.25, 0.3) is 0 Å². The Balaban J connectivity index is 1.59. The van der Waals surface area contributed by atoms with Gasteiger partial charge in [-0.1, -0.05) is 6.07 Å². The van der Waals surface area contributed by atoms with Gasteiger partial charge in [0.05, 0.1) is 11.7 Å². The Hall–Kier alpha value is -2.96. The molecule has 1 aromatic carbocycles. The Morgan fingerprint density at radius 1 is 1.38 bits per heavy atom. The summed E-state index contributed by atoms with van der Waals surface area (Å²) in [6, 6.07) is 10.7. The van der Waals surface area contributed by atoms with E-state index >= 15 is 0 Å². The van der Waals surface area contributed by atoms with Crippen LogP contribution in [0.5, 0.6) is 5.75 Å². The lowest BCUT2D eigenvalue weighted by Gasteiger charge is -2.26. The van der Waals surface area contributed by atoms with Crippen LogP contribution in [-0.2, 0) is 13.6 Å². The fourth-order valence-electron chi connectivity index (χ4n) is 4.19. The SMILES string of the molecule is C[C@@H](Oc1cc(Br)cnc1N)c1cc(F)ccc1CN1CCC[C@H]1c1cc(C#N)n(C)n1. The summed E-state index contributed by atoms with van der Waals surface area (Å²) in [5, 5.41) is 13.8. The van der Waals surface area contributed by atoms with Gasteiger partial charge in [0, 0.05) is 24.3 Å². The number of rotatable bonds is 6. The number of ether oxygens (including phenoxy) is 1. The standard InChI is InChI=1S/C23H24BrFN6O/c1-14(32-22-8-16(24)12-28-23(22)27)19-9-17(25)6-5-15(19)13-31-7-3-4-21(31)20-10-18(11-26)30(2)29-20/h5-6,8-10,12,14,21H,3-4,7,13H2,1-2H3,(H2,27,28)/t14-,21+/m1/s1. The van der Waals surface area contributed by atoms with Crippen LogP contribution in [0.1, 0.15) is 54.4 Å². The normalized spacial score (nSPS) is 17.3. The monoisotopic (exact) mass is 498 g/mol. The summed E-state index contributed by atoms with van der Waals surface area (Å²) in [6.07, 6.45) is 3.17. The van der Waals surface area contributed by atoms with Crippen molar-refractivity contribution < 1.29 is 9.13 Å². The highest BCUT2D eigenvalue weighted by Gasteiger charge is 2.29. The molecule has 1 aliphatic rings. The van der Waals surface area contributed by atoms with Crippen LogP contribution >= 0.6 is 15.9 Å². The lowest BCUT2D eigenvalue weighted by atomic mass is 10.0. The van der Waals surface area contributed by atoms with Gasteiger partial charge in [0.15, 0.2) is 11.6 Å². The summed E-state index contributed by atoms with van der Waals surface area (Å²) in [4.78, 5) is 6.42. The molecule has 7 nitrogen and oxygen atoms in total. The molecule has 0 amide bonds. The number of aryl methyl sites for hydroxylation is 1. The van der Waals surface area contributed by atoms with Crippen LogP contribution in [0.2, 0.25) is 0 Å². The number of nitrogen functional groups attached to an aromatic ring is 1. The Morgan fingerprint density at radius 2 is 2.19 bits per heavy atom. The van der Waals surface area contributed by atoms with Gasteiger partial charge in [-0.2, -0.15) is 10.4 Å². The summed E-state index contributed by atoms with van der Waals surface area (Å²) in [6.45, 7) is 3.40. The molecule has 0 saturated carbocycles. The molecule has 4 rings (SSSR count). The van der Waals surface area contributed by atoms with E-state index in [0.29, 0.717) is 18.0 Å². The van der Waals surface area contributed by atoms with Gasteiger partial charge in [-0.25, -0.2) is 9.37 Å². The minimum Gasteiger partial charge on any atom is -0.482 e. The Labute approximate surface area is 194 Å². The Bertz CT molecular complexity index is 1170. The molecule has 166 valence electrons. The van der Waals surface area contributed by atoms with Gasteiger partial charge >= 0.3 is 0 Å². The number of nitrogens with zero attached hydrogens (tertiary/aromatic N) is 5. The summed E-state index contributed by atoms with van der Waals surface area (Å²) in [5.74, 6) is 0.403. The van der Waals surface area contributed by atoms with Gasteiger partial charge < -0.3 is 10.5 Å². The van der Waals surface area contributed by atoms with E-state index in [1.807, 2.05) is 19.1 Å². The largest absolute Gasteiger partial charge is 0.482 e. The molecule has 0 bridgehead atoms. The third kappa shape index (κ3) is 4.61. The molecule has 9 heteroatoms. The zero-order valence-electron chi connectivity index (χ0n) is 17.9. The van der Waals surface area contributed by atoms with Crippen molar-refractivity contribution in [3.8, 4) is 11.8 Å². The van der Waals surface area contributed by atoms with Crippen molar-refractivity contribution >= 4 is 21.7 Å². The van der Waals surface area contributed by atoms with Gasteiger partial charge in [0.2, 0.25) is 0 Å². The van der Waals surface area contributed by atoms with Crippen LogP contribution < -0.4 is 10.5 Å². The van der Waals surface area contributed by atoms with Crippen LogP contribution in [0.3, 0.4) is 0 Å². The molecular formula is C23H24BrFN6O. The minimum atomic E-state index is -0.430. The molecule has 0 radical (unpaired) electrons. The quantitative estimate of drug-likeness (QED) is 0.531. The van der Waals surface area contributed by atoms with E-state index in [1.54, 1.807) is 24.0 Å². The smallest absolute Gasteiger partial charge is 0.166 e. The lowest BCUT2D eigenvalue weighted by Crippen LogP contribution is -2.24. The number of benzene rings is 1. The minimum absolute atomic E-state index is 0.113. The number of hydrogen-bond donors (Lipinski definition) is 1. The van der Waals surface area contributed by atoms with Crippen LogP contribution in [0, 0.1) is 17.1 Å². The van der Waals surface area contributed by atoms with Crippen molar-refractivity contribution in [3.63, 3.8) is 0 Å². The van der Waals surface area contributed by atoms with Crippen LogP contribution in [-0.4, -0.2) is 26.2 Å². The third-order valence-corrected chi connectivity index (χ3v) is 6.22. The maximum absolute atomic E-state index is 14.2. The van der Waals surface area contributed by atoms with Crippen molar-refractivity contribution in [2.75, 3.05) is 12.3 Å². The molecule has 32 heavy (non-hydrogen) atoms. The first-order valence-electron chi connectivity index (χ1n) is 10.4. The van der Waals surface area contributed by atoms with Gasteiger partial charge in [-0.15, -0.1) is 0 Å². The lowest BCUT2D eigenvalue weighted by molar-refractivity contribution is 0.215. The summed E-state index contributed by atoms with van der Waals surface area (Å²) >= 11 is 3.38. The second-order valence-electron chi connectivity index (χ2n) is 7.96. The molecule has 3 heterocycles. The van der Waals surface area contributed by atoms with Gasteiger partial charge in [-0.3, -0.25) is 9.58 Å². The highest BCUT2D eigenvalue weighted by Crippen LogP contribution is 2.35. The molecule has 2 N–H and O–H groups in total. The zero-order chi connectivity index (χ0) is 22.8. The number of nitrogens with two attached hydrogens (primary N) is 1. The van der Waals surface area contributed by atoms with E-state index in [9.17, 15) is 9.65 Å². The fraction of sp³-hybridized carbons (Fsp3) is 0.348. The second kappa shape index (κ2) is 9.27. The van der Waals surface area contributed by atoms with Crippen molar-refractivity contribution in [2.45, 2.75) is 38.5 Å². The second-order valence-corrected chi connectivity index (χ2v) is 8.87. The first-order chi connectivity index (χ1) is 15.4. The van der Waals surface area contributed by atoms with Crippen molar-refractivity contribution in [1.29, 1.82) is 5.26 Å². The molecule has 1 saturated heterocycles. The van der Waals surface area contributed by atoms with Crippen LogP contribution in [0.4, 0.5) is 10.2 Å². The van der Waals surface area contributed by atoms with E-state index in [2.05, 4.69) is 37.0 Å². The number of pyridine rings is 1. The number of halogens is 2. The predicted octanol–water partition coefficient (Wildman–Crippen LogP) is 4.65. The average Bonchev–Trinajstić information content (AvgIpc) is 3.37. The number of anilines is 1. The first-order valence-corrected chi connectivity index (χ1v) is 11.2. The molecule has 2 atom stereocenters. The van der Waals surface area contributed by atoms with E-state index in [1.165, 1.54) is 12.1 Å². The highest BCUT2D eigenvalue weighted by molar-refractivity contribution is 9.10.